The van der Waals surface area contributed by atoms with Crippen molar-refractivity contribution in [2.45, 2.75) is 32.9 Å². The molecule has 2 unspecified atom stereocenters. The third kappa shape index (κ3) is 3.67. The van der Waals surface area contributed by atoms with Gasteiger partial charge in [-0.1, -0.05) is 31.5 Å². The summed E-state index contributed by atoms with van der Waals surface area (Å²) in [5.41, 5.74) is 0.592. The van der Waals surface area contributed by atoms with Crippen LogP contribution in [-0.4, -0.2) is 19.8 Å². The van der Waals surface area contributed by atoms with Crippen LogP contribution in [0.4, 0.5) is 4.39 Å². The molecule has 18 heavy (non-hydrogen) atoms. The summed E-state index contributed by atoms with van der Waals surface area (Å²) < 4.78 is 19.7. The lowest BCUT2D eigenvalue weighted by atomic mass is 9.93. The molecule has 2 atom stereocenters. The van der Waals surface area contributed by atoms with Crippen LogP contribution >= 0.6 is 11.6 Å². The summed E-state index contributed by atoms with van der Waals surface area (Å²) in [6, 6.07) is 4.58. The fourth-order valence-corrected chi connectivity index (χ4v) is 2.28. The van der Waals surface area contributed by atoms with Gasteiger partial charge >= 0.3 is 0 Å². The number of benzene rings is 1. The Hall–Kier alpha value is -0.640. The quantitative estimate of drug-likeness (QED) is 0.851. The minimum absolute atomic E-state index is 0.0734. The zero-order valence-electron chi connectivity index (χ0n) is 11.3. The Morgan fingerprint density at radius 1 is 1.39 bits per heavy atom. The van der Waals surface area contributed by atoms with Crippen molar-refractivity contribution in [3.8, 4) is 0 Å². The van der Waals surface area contributed by atoms with Gasteiger partial charge in [-0.05, 0) is 32.0 Å². The van der Waals surface area contributed by atoms with Crippen molar-refractivity contribution < 1.29 is 9.13 Å². The van der Waals surface area contributed by atoms with Gasteiger partial charge in [0.15, 0.2) is 0 Å². The first kappa shape index (κ1) is 15.4. The van der Waals surface area contributed by atoms with E-state index in [4.69, 9.17) is 16.3 Å². The first-order valence-electron chi connectivity index (χ1n) is 6.25. The minimum atomic E-state index is -0.299. The van der Waals surface area contributed by atoms with Crippen LogP contribution in [0.2, 0.25) is 5.02 Å². The van der Waals surface area contributed by atoms with Crippen LogP contribution in [0.5, 0.6) is 0 Å². The Bertz CT molecular complexity index is 384. The van der Waals surface area contributed by atoms with E-state index in [1.165, 1.54) is 6.07 Å². The van der Waals surface area contributed by atoms with E-state index in [1.54, 1.807) is 12.1 Å². The predicted molar refractivity (Wildman–Crippen MR) is 73.5 cm³/mol. The van der Waals surface area contributed by atoms with E-state index in [2.05, 4.69) is 19.2 Å². The summed E-state index contributed by atoms with van der Waals surface area (Å²) >= 11 is 5.78. The van der Waals surface area contributed by atoms with Gasteiger partial charge in [-0.2, -0.15) is 0 Å². The number of nitrogens with one attached hydrogen (secondary N) is 1. The third-order valence-electron chi connectivity index (χ3n) is 2.95. The molecule has 0 aliphatic carbocycles. The molecule has 0 fully saturated rings. The van der Waals surface area contributed by atoms with Crippen molar-refractivity contribution in [3.05, 3.63) is 34.6 Å². The fourth-order valence-electron chi connectivity index (χ4n) is 2.12. The van der Waals surface area contributed by atoms with E-state index >= 15 is 0 Å². The molecule has 1 N–H and O–H groups in total. The molecule has 0 saturated carbocycles. The van der Waals surface area contributed by atoms with Crippen molar-refractivity contribution in [2.75, 3.05) is 13.7 Å². The molecule has 0 amide bonds. The first-order valence-corrected chi connectivity index (χ1v) is 6.62. The molecule has 0 radical (unpaired) electrons. The number of hydrogen-bond acceptors (Lipinski definition) is 2. The summed E-state index contributed by atoms with van der Waals surface area (Å²) in [6.45, 7) is 6.69. The molecule has 0 aliphatic rings. The van der Waals surface area contributed by atoms with E-state index in [-0.39, 0.29) is 23.9 Å². The van der Waals surface area contributed by atoms with Crippen molar-refractivity contribution in [3.63, 3.8) is 0 Å². The van der Waals surface area contributed by atoms with Gasteiger partial charge in [0.1, 0.15) is 5.82 Å². The van der Waals surface area contributed by atoms with E-state index in [1.807, 2.05) is 14.0 Å². The van der Waals surface area contributed by atoms with E-state index in [0.29, 0.717) is 17.2 Å². The molecule has 0 bridgehead atoms. The maximum Gasteiger partial charge on any atom is 0.129 e. The van der Waals surface area contributed by atoms with Gasteiger partial charge in [0, 0.05) is 17.2 Å². The number of rotatable bonds is 6. The average Bonchev–Trinajstić information content (AvgIpc) is 2.31. The molecule has 1 rings (SSSR count). The molecule has 0 aliphatic heterocycles. The van der Waals surface area contributed by atoms with Crippen molar-refractivity contribution >= 4 is 11.6 Å². The Balaban J connectivity index is 3.06. The zero-order valence-corrected chi connectivity index (χ0v) is 12.1. The first-order chi connectivity index (χ1) is 8.51. The summed E-state index contributed by atoms with van der Waals surface area (Å²) in [6.07, 6.45) is -0.0734. The van der Waals surface area contributed by atoms with Gasteiger partial charge in [0.2, 0.25) is 0 Å². The molecular weight excluding hydrogens is 253 g/mol. The Labute approximate surface area is 113 Å². The average molecular weight is 274 g/mol. The Morgan fingerprint density at radius 2 is 2.06 bits per heavy atom. The van der Waals surface area contributed by atoms with Gasteiger partial charge in [-0.25, -0.2) is 4.39 Å². The van der Waals surface area contributed by atoms with E-state index in [9.17, 15) is 4.39 Å². The number of halogens is 2. The summed E-state index contributed by atoms with van der Waals surface area (Å²) in [4.78, 5) is 0. The molecule has 0 aromatic heterocycles. The van der Waals surface area contributed by atoms with Crippen LogP contribution in [-0.2, 0) is 4.74 Å². The van der Waals surface area contributed by atoms with E-state index < -0.39 is 0 Å². The Kier molecular flexibility index (Phi) is 6.06. The van der Waals surface area contributed by atoms with Gasteiger partial charge in [0.25, 0.3) is 0 Å². The van der Waals surface area contributed by atoms with Crippen LogP contribution in [0.1, 0.15) is 32.4 Å². The Morgan fingerprint density at radius 3 is 2.50 bits per heavy atom. The van der Waals surface area contributed by atoms with Crippen LogP contribution in [0.15, 0.2) is 18.2 Å². The second-order valence-corrected chi connectivity index (χ2v) is 5.03. The SMILES string of the molecule is CCOC(C(C)C)C(NC)c1ccc(Cl)cc1F. The zero-order chi connectivity index (χ0) is 13.7. The molecule has 102 valence electrons. The van der Waals surface area contributed by atoms with Gasteiger partial charge < -0.3 is 10.1 Å². The number of likely N-dealkylation sites (N-methyl/N-ethyl adjacent to an activating group) is 1. The molecule has 0 heterocycles. The van der Waals surface area contributed by atoms with Crippen LogP contribution in [0.25, 0.3) is 0 Å². The van der Waals surface area contributed by atoms with Crippen molar-refractivity contribution in [2.24, 2.45) is 5.92 Å². The summed E-state index contributed by atoms with van der Waals surface area (Å²) in [7, 11) is 1.81. The van der Waals surface area contributed by atoms with Crippen molar-refractivity contribution in [1.82, 2.24) is 5.32 Å². The highest BCUT2D eigenvalue weighted by atomic mass is 35.5. The molecule has 4 heteroatoms. The van der Waals surface area contributed by atoms with Crippen molar-refractivity contribution in [1.29, 1.82) is 0 Å². The molecule has 2 nitrogen and oxygen atoms in total. The fraction of sp³-hybridized carbons (Fsp3) is 0.571. The van der Waals surface area contributed by atoms with Crippen LogP contribution < -0.4 is 5.32 Å². The standard InChI is InChI=1S/C14H21ClFNO/c1-5-18-14(9(2)3)13(17-4)11-7-6-10(15)8-12(11)16/h6-9,13-14,17H,5H2,1-4H3. The smallest absolute Gasteiger partial charge is 0.129 e. The molecule has 0 saturated heterocycles. The highest BCUT2D eigenvalue weighted by Gasteiger charge is 2.27. The van der Waals surface area contributed by atoms with Gasteiger partial charge in [-0.15, -0.1) is 0 Å². The second-order valence-electron chi connectivity index (χ2n) is 4.60. The summed E-state index contributed by atoms with van der Waals surface area (Å²) in [5, 5.41) is 3.54. The molecular formula is C14H21ClFNO. The highest BCUT2D eigenvalue weighted by Crippen LogP contribution is 2.28. The topological polar surface area (TPSA) is 21.3 Å². The molecule has 1 aromatic carbocycles. The van der Waals surface area contributed by atoms with E-state index in [0.717, 1.165) is 0 Å². The van der Waals surface area contributed by atoms with Crippen LogP contribution in [0, 0.1) is 11.7 Å². The third-order valence-corrected chi connectivity index (χ3v) is 3.19. The number of ether oxygens (including phenoxy) is 1. The lowest BCUT2D eigenvalue weighted by Gasteiger charge is -2.30. The van der Waals surface area contributed by atoms with Gasteiger partial charge in [-0.3, -0.25) is 0 Å². The van der Waals surface area contributed by atoms with Gasteiger partial charge in [0.05, 0.1) is 12.1 Å². The highest BCUT2D eigenvalue weighted by molar-refractivity contribution is 6.30. The molecule has 0 spiro atoms. The largest absolute Gasteiger partial charge is 0.376 e. The monoisotopic (exact) mass is 273 g/mol. The minimum Gasteiger partial charge on any atom is -0.376 e. The lowest BCUT2D eigenvalue weighted by Crippen LogP contribution is -2.36. The van der Waals surface area contributed by atoms with Crippen LogP contribution in [0.3, 0.4) is 0 Å². The predicted octanol–water partition coefficient (Wildman–Crippen LogP) is 3.80. The maximum absolute atomic E-state index is 14.0. The summed E-state index contributed by atoms with van der Waals surface area (Å²) in [5.74, 6) is -0.00955. The molecule has 1 aromatic rings. The maximum atomic E-state index is 14.0. The normalized spacial score (nSPS) is 14.8. The second kappa shape index (κ2) is 7.07. The lowest BCUT2D eigenvalue weighted by molar-refractivity contribution is 0.00381. The number of hydrogen-bond donors (Lipinski definition) is 1.